The Morgan fingerprint density at radius 1 is 1.25 bits per heavy atom. The Morgan fingerprint density at radius 3 is 2.75 bits per heavy atom. The van der Waals surface area contributed by atoms with Gasteiger partial charge in [0.2, 0.25) is 0 Å². The van der Waals surface area contributed by atoms with E-state index in [9.17, 15) is 5.26 Å². The van der Waals surface area contributed by atoms with E-state index in [1.807, 2.05) is 41.8 Å². The molecule has 0 fully saturated rings. The summed E-state index contributed by atoms with van der Waals surface area (Å²) in [5, 5.41) is 9.99. The molecule has 0 saturated heterocycles. The zero-order valence-electron chi connectivity index (χ0n) is 10.6. The number of aromatic amines is 1. The molecule has 0 aliphatic rings. The summed E-state index contributed by atoms with van der Waals surface area (Å²) in [5.41, 5.74) is 3.95. The van der Waals surface area contributed by atoms with Gasteiger partial charge in [0.25, 0.3) is 0 Å². The summed E-state index contributed by atoms with van der Waals surface area (Å²) in [5.74, 6) is 0. The van der Waals surface area contributed by atoms with Gasteiger partial charge in [-0.2, -0.15) is 5.26 Å². The number of nitriles is 1. The van der Waals surface area contributed by atoms with E-state index < -0.39 is 0 Å². The highest BCUT2D eigenvalue weighted by Crippen LogP contribution is 2.27. The number of nitrogens with one attached hydrogen (secondary N) is 1. The van der Waals surface area contributed by atoms with Crippen LogP contribution >= 0.6 is 23.8 Å². The summed E-state index contributed by atoms with van der Waals surface area (Å²) in [6, 6.07) is 13.6. The van der Waals surface area contributed by atoms with Gasteiger partial charge in [0.1, 0.15) is 6.07 Å². The van der Waals surface area contributed by atoms with E-state index >= 15 is 0 Å². The average molecular weight is 300 g/mol. The van der Waals surface area contributed by atoms with Gasteiger partial charge in [-0.3, -0.25) is 4.57 Å². The van der Waals surface area contributed by atoms with E-state index in [1.54, 1.807) is 6.07 Å². The van der Waals surface area contributed by atoms with Gasteiger partial charge in [0.15, 0.2) is 4.77 Å². The maximum absolute atomic E-state index is 9.38. The minimum absolute atomic E-state index is 0.523. The van der Waals surface area contributed by atoms with Crippen LogP contribution < -0.4 is 0 Å². The van der Waals surface area contributed by atoms with E-state index in [1.165, 1.54) is 0 Å². The van der Waals surface area contributed by atoms with Crippen molar-refractivity contribution in [1.29, 1.82) is 5.26 Å². The molecule has 0 atom stereocenters. The average Bonchev–Trinajstić information content (AvgIpc) is 2.76. The molecule has 0 bridgehead atoms. The number of imidazole rings is 1. The molecule has 1 heterocycles. The van der Waals surface area contributed by atoms with Crippen LogP contribution in [0.5, 0.6) is 0 Å². The highest BCUT2D eigenvalue weighted by atomic mass is 35.5. The van der Waals surface area contributed by atoms with E-state index in [-0.39, 0.29) is 0 Å². The Bertz CT molecular complexity index is 915. The molecule has 1 aromatic heterocycles. The van der Waals surface area contributed by atoms with Crippen molar-refractivity contribution in [3.05, 3.63) is 57.3 Å². The first kappa shape index (κ1) is 12.9. The predicted octanol–water partition coefficient (Wildman–Crippen LogP) is 4.52. The SMILES string of the molecule is Cc1cccc(-n2c(=S)[nH]c3c(Cl)cccc32)c1C#N. The lowest BCUT2D eigenvalue weighted by Crippen LogP contribution is -1.99. The van der Waals surface area contributed by atoms with Crippen molar-refractivity contribution in [2.75, 3.05) is 0 Å². The molecule has 5 heteroatoms. The molecule has 0 aliphatic carbocycles. The fourth-order valence-corrected chi connectivity index (χ4v) is 2.83. The van der Waals surface area contributed by atoms with Crippen molar-refractivity contribution in [3.63, 3.8) is 0 Å². The van der Waals surface area contributed by atoms with Crippen molar-refractivity contribution in [2.24, 2.45) is 0 Å². The second-order valence-corrected chi connectivity index (χ2v) is 5.27. The van der Waals surface area contributed by atoms with Gasteiger partial charge < -0.3 is 4.98 Å². The van der Waals surface area contributed by atoms with E-state index in [4.69, 9.17) is 23.8 Å². The zero-order chi connectivity index (χ0) is 14.3. The first-order valence-electron chi connectivity index (χ1n) is 6.03. The number of hydrogen-bond donors (Lipinski definition) is 1. The predicted molar refractivity (Wildman–Crippen MR) is 82.9 cm³/mol. The van der Waals surface area contributed by atoms with Crippen LogP contribution in [0, 0.1) is 23.0 Å². The maximum atomic E-state index is 9.38. The van der Waals surface area contributed by atoms with E-state index in [2.05, 4.69) is 11.1 Å². The van der Waals surface area contributed by atoms with Crippen LogP contribution in [-0.2, 0) is 0 Å². The minimum Gasteiger partial charge on any atom is -0.329 e. The molecule has 0 spiro atoms. The Hall–Kier alpha value is -2.09. The van der Waals surface area contributed by atoms with Crippen LogP contribution in [0.4, 0.5) is 0 Å². The standard InChI is InChI=1S/C15H10ClN3S/c1-9-4-2-6-12(10(9)8-17)19-13-7-3-5-11(16)14(13)18-15(19)20/h2-7H,1H3,(H,18,20). The first-order chi connectivity index (χ1) is 9.63. The number of benzene rings is 2. The highest BCUT2D eigenvalue weighted by Gasteiger charge is 2.13. The lowest BCUT2D eigenvalue weighted by molar-refractivity contribution is 1.05. The quantitative estimate of drug-likeness (QED) is 0.671. The maximum Gasteiger partial charge on any atom is 0.182 e. The van der Waals surface area contributed by atoms with Gasteiger partial charge in [-0.05, 0) is 42.9 Å². The third-order valence-corrected chi connectivity index (χ3v) is 3.87. The number of para-hydroxylation sites is 1. The molecular weight excluding hydrogens is 290 g/mol. The van der Waals surface area contributed by atoms with Crippen LogP contribution in [-0.4, -0.2) is 9.55 Å². The second kappa shape index (κ2) is 4.78. The van der Waals surface area contributed by atoms with Gasteiger partial charge in [-0.25, -0.2) is 0 Å². The monoisotopic (exact) mass is 299 g/mol. The van der Waals surface area contributed by atoms with Crippen molar-refractivity contribution >= 4 is 34.9 Å². The minimum atomic E-state index is 0.523. The van der Waals surface area contributed by atoms with Gasteiger partial charge in [0.05, 0.1) is 27.3 Å². The molecule has 0 amide bonds. The first-order valence-corrected chi connectivity index (χ1v) is 6.81. The van der Waals surface area contributed by atoms with E-state index in [0.717, 1.165) is 22.3 Å². The van der Waals surface area contributed by atoms with Crippen LogP contribution in [0.15, 0.2) is 36.4 Å². The normalized spacial score (nSPS) is 10.7. The Kier molecular flexibility index (Phi) is 3.09. The number of hydrogen-bond acceptors (Lipinski definition) is 2. The molecule has 0 saturated carbocycles. The number of halogens is 1. The highest BCUT2D eigenvalue weighted by molar-refractivity contribution is 7.71. The summed E-state index contributed by atoms with van der Waals surface area (Å²) in [6.45, 7) is 1.91. The fraction of sp³-hybridized carbons (Fsp3) is 0.0667. The van der Waals surface area contributed by atoms with E-state index in [0.29, 0.717) is 15.4 Å². The molecule has 98 valence electrons. The zero-order valence-corrected chi connectivity index (χ0v) is 12.2. The van der Waals surface area contributed by atoms with Gasteiger partial charge in [0, 0.05) is 0 Å². The molecule has 20 heavy (non-hydrogen) atoms. The summed E-state index contributed by atoms with van der Waals surface area (Å²) in [7, 11) is 0. The number of fused-ring (bicyclic) bond motifs is 1. The Morgan fingerprint density at radius 2 is 2.00 bits per heavy atom. The molecule has 0 radical (unpaired) electrons. The molecular formula is C15H10ClN3S. The largest absolute Gasteiger partial charge is 0.329 e. The Labute approximate surface area is 126 Å². The molecule has 0 unspecified atom stereocenters. The third-order valence-electron chi connectivity index (χ3n) is 3.27. The summed E-state index contributed by atoms with van der Waals surface area (Å²) in [6.07, 6.45) is 0. The third kappa shape index (κ3) is 1.83. The number of aryl methyl sites for hydroxylation is 1. The lowest BCUT2D eigenvalue weighted by Gasteiger charge is -2.08. The summed E-state index contributed by atoms with van der Waals surface area (Å²) in [4.78, 5) is 3.10. The lowest BCUT2D eigenvalue weighted by atomic mass is 10.1. The van der Waals surface area contributed by atoms with Crippen molar-refractivity contribution in [2.45, 2.75) is 6.92 Å². The number of nitrogens with zero attached hydrogens (tertiary/aromatic N) is 2. The van der Waals surface area contributed by atoms with Crippen LogP contribution in [0.25, 0.3) is 16.7 Å². The van der Waals surface area contributed by atoms with Crippen LogP contribution in [0.3, 0.4) is 0 Å². The fourth-order valence-electron chi connectivity index (χ4n) is 2.32. The molecule has 1 N–H and O–H groups in total. The topological polar surface area (TPSA) is 44.5 Å². The van der Waals surface area contributed by atoms with Crippen molar-refractivity contribution in [1.82, 2.24) is 9.55 Å². The molecule has 3 nitrogen and oxygen atoms in total. The van der Waals surface area contributed by atoms with Crippen molar-refractivity contribution < 1.29 is 0 Å². The molecule has 3 aromatic rings. The second-order valence-electron chi connectivity index (χ2n) is 4.48. The molecule has 0 aliphatic heterocycles. The number of H-pyrrole nitrogens is 1. The van der Waals surface area contributed by atoms with Gasteiger partial charge >= 0.3 is 0 Å². The molecule has 3 rings (SSSR count). The van der Waals surface area contributed by atoms with Crippen molar-refractivity contribution in [3.8, 4) is 11.8 Å². The number of aromatic nitrogens is 2. The summed E-state index contributed by atoms with van der Waals surface area (Å²) < 4.78 is 2.37. The number of rotatable bonds is 1. The van der Waals surface area contributed by atoms with Crippen LogP contribution in [0.1, 0.15) is 11.1 Å². The van der Waals surface area contributed by atoms with Crippen LogP contribution in [0.2, 0.25) is 5.02 Å². The Balaban J connectivity index is 2.46. The van der Waals surface area contributed by atoms with Gasteiger partial charge in [-0.1, -0.05) is 29.8 Å². The molecule has 2 aromatic carbocycles. The summed E-state index contributed by atoms with van der Waals surface area (Å²) >= 11 is 11.6. The smallest absolute Gasteiger partial charge is 0.182 e. The van der Waals surface area contributed by atoms with Gasteiger partial charge in [-0.15, -0.1) is 0 Å².